The molecule has 18 heavy (non-hydrogen) atoms. The Bertz CT molecular complexity index is 406. The van der Waals surface area contributed by atoms with Crippen LogP contribution in [0, 0.1) is 5.82 Å². The third-order valence-corrected chi connectivity index (χ3v) is 3.14. The number of ether oxygens (including phenoxy) is 1. The number of aliphatic hydroxyl groups excluding tert-OH is 2. The lowest BCUT2D eigenvalue weighted by Crippen LogP contribution is -2.14. The smallest absolute Gasteiger partial charge is 0.387 e. The summed E-state index contributed by atoms with van der Waals surface area (Å²) in [4.78, 5) is 0.291. The molecule has 0 bridgehead atoms. The number of benzene rings is 1. The van der Waals surface area contributed by atoms with Crippen LogP contribution in [0.15, 0.2) is 17.0 Å². The number of aliphatic hydroxyl groups is 2. The molecule has 102 valence electrons. The topological polar surface area (TPSA) is 75.7 Å². The highest BCUT2D eigenvalue weighted by molar-refractivity contribution is 7.99. The monoisotopic (exact) mass is 283 g/mol. The Hall–Kier alpha value is -1.12. The zero-order chi connectivity index (χ0) is 13.7. The molecule has 4 N–H and O–H groups in total. The first-order chi connectivity index (χ1) is 8.43. The van der Waals surface area contributed by atoms with Gasteiger partial charge in [0.05, 0.1) is 12.7 Å². The van der Waals surface area contributed by atoms with Crippen molar-refractivity contribution in [3.8, 4) is 5.75 Å². The van der Waals surface area contributed by atoms with Gasteiger partial charge in [0.15, 0.2) is 11.6 Å². The summed E-state index contributed by atoms with van der Waals surface area (Å²) in [6, 6.07) is 1.90. The highest BCUT2D eigenvalue weighted by Crippen LogP contribution is 2.32. The molecule has 0 aliphatic heterocycles. The van der Waals surface area contributed by atoms with E-state index in [1.54, 1.807) is 0 Å². The van der Waals surface area contributed by atoms with E-state index in [1.165, 1.54) is 0 Å². The van der Waals surface area contributed by atoms with Gasteiger partial charge < -0.3 is 20.7 Å². The van der Waals surface area contributed by atoms with Crippen molar-refractivity contribution in [1.82, 2.24) is 0 Å². The predicted molar refractivity (Wildman–Crippen MR) is 61.3 cm³/mol. The van der Waals surface area contributed by atoms with Crippen LogP contribution in [0.5, 0.6) is 5.75 Å². The second-order valence-electron chi connectivity index (χ2n) is 3.35. The molecule has 0 aromatic heterocycles. The molecule has 0 spiro atoms. The van der Waals surface area contributed by atoms with Crippen LogP contribution >= 0.6 is 11.8 Å². The van der Waals surface area contributed by atoms with E-state index in [-0.39, 0.29) is 11.4 Å². The quantitative estimate of drug-likeness (QED) is 0.544. The second kappa shape index (κ2) is 6.72. The average Bonchev–Trinajstić information content (AvgIpc) is 2.30. The number of hydrogen-bond donors (Lipinski definition) is 3. The van der Waals surface area contributed by atoms with Crippen LogP contribution in [-0.4, -0.2) is 35.3 Å². The maximum atomic E-state index is 13.2. The van der Waals surface area contributed by atoms with E-state index in [2.05, 4.69) is 4.74 Å². The molecular weight excluding hydrogens is 271 g/mol. The molecule has 4 nitrogen and oxygen atoms in total. The lowest BCUT2D eigenvalue weighted by molar-refractivity contribution is -0.0523. The number of halogens is 3. The van der Waals surface area contributed by atoms with Crippen LogP contribution in [0.25, 0.3) is 0 Å². The number of rotatable bonds is 6. The van der Waals surface area contributed by atoms with Gasteiger partial charge >= 0.3 is 6.61 Å². The van der Waals surface area contributed by atoms with E-state index in [9.17, 15) is 13.2 Å². The number of alkyl halides is 2. The van der Waals surface area contributed by atoms with Gasteiger partial charge in [0.25, 0.3) is 0 Å². The molecule has 1 aromatic rings. The maximum Gasteiger partial charge on any atom is 0.387 e. The largest absolute Gasteiger partial charge is 0.432 e. The first kappa shape index (κ1) is 14.9. The summed E-state index contributed by atoms with van der Waals surface area (Å²) in [6.07, 6.45) is -0.973. The molecule has 8 heteroatoms. The summed E-state index contributed by atoms with van der Waals surface area (Å²) in [5.41, 5.74) is 5.55. The Labute approximate surface area is 106 Å². The zero-order valence-corrected chi connectivity index (χ0v) is 9.96. The van der Waals surface area contributed by atoms with E-state index in [0.717, 1.165) is 23.9 Å². The number of hydrogen-bond acceptors (Lipinski definition) is 5. The van der Waals surface area contributed by atoms with Crippen molar-refractivity contribution in [3.63, 3.8) is 0 Å². The van der Waals surface area contributed by atoms with Crippen LogP contribution in [0.3, 0.4) is 0 Å². The highest BCUT2D eigenvalue weighted by Gasteiger charge is 2.14. The van der Waals surface area contributed by atoms with Crippen LogP contribution < -0.4 is 10.5 Å². The van der Waals surface area contributed by atoms with Crippen molar-refractivity contribution in [2.75, 3.05) is 18.1 Å². The van der Waals surface area contributed by atoms with Crippen LogP contribution in [-0.2, 0) is 0 Å². The summed E-state index contributed by atoms with van der Waals surface area (Å²) in [6.45, 7) is -3.57. The molecule has 1 unspecified atom stereocenters. The van der Waals surface area contributed by atoms with E-state index in [0.29, 0.717) is 4.90 Å². The molecule has 0 saturated carbocycles. The fraction of sp³-hybridized carbons (Fsp3) is 0.400. The molecular formula is C10H12F3NO3S. The first-order valence-electron chi connectivity index (χ1n) is 4.89. The highest BCUT2D eigenvalue weighted by atomic mass is 32.2. The third kappa shape index (κ3) is 4.28. The normalized spacial score (nSPS) is 12.8. The van der Waals surface area contributed by atoms with Crippen molar-refractivity contribution in [2.45, 2.75) is 17.6 Å². The summed E-state index contributed by atoms with van der Waals surface area (Å²) >= 11 is 1.00. The standard InChI is InChI=1S/C10H12F3NO3S/c11-6-1-7(14)9(18-4-5(16)3-15)2-8(6)17-10(12)13/h1-2,5,10,15-16H,3-4,14H2. The van der Waals surface area contributed by atoms with Gasteiger partial charge in [-0.3, -0.25) is 0 Å². The van der Waals surface area contributed by atoms with E-state index < -0.39 is 30.9 Å². The van der Waals surface area contributed by atoms with Crippen LogP contribution in [0.2, 0.25) is 0 Å². The fourth-order valence-electron chi connectivity index (χ4n) is 1.10. The SMILES string of the molecule is Nc1cc(F)c(OC(F)F)cc1SCC(O)CO. The summed E-state index contributed by atoms with van der Waals surface area (Å²) in [7, 11) is 0. The van der Waals surface area contributed by atoms with Crippen molar-refractivity contribution < 1.29 is 28.1 Å². The van der Waals surface area contributed by atoms with Gasteiger partial charge in [0.2, 0.25) is 0 Å². The van der Waals surface area contributed by atoms with Crippen LogP contribution in [0.4, 0.5) is 18.9 Å². The Morgan fingerprint density at radius 1 is 1.39 bits per heavy atom. The molecule has 1 atom stereocenters. The molecule has 1 aromatic carbocycles. The van der Waals surface area contributed by atoms with Gasteiger partial charge in [0, 0.05) is 22.4 Å². The molecule has 0 aliphatic carbocycles. The fourth-order valence-corrected chi connectivity index (χ4v) is 1.99. The summed E-state index contributed by atoms with van der Waals surface area (Å²) < 4.78 is 41.2. The Morgan fingerprint density at radius 2 is 2.06 bits per heavy atom. The number of nitrogen functional groups attached to an aromatic ring is 1. The first-order valence-corrected chi connectivity index (χ1v) is 5.88. The molecule has 1 rings (SSSR count). The third-order valence-electron chi connectivity index (χ3n) is 1.92. The zero-order valence-electron chi connectivity index (χ0n) is 9.15. The van der Waals surface area contributed by atoms with Gasteiger partial charge in [-0.05, 0) is 6.07 Å². The minimum Gasteiger partial charge on any atom is -0.432 e. The lowest BCUT2D eigenvalue weighted by atomic mass is 10.3. The van der Waals surface area contributed by atoms with E-state index in [1.807, 2.05) is 0 Å². The number of nitrogens with two attached hydrogens (primary N) is 1. The Morgan fingerprint density at radius 3 is 2.61 bits per heavy atom. The van der Waals surface area contributed by atoms with Gasteiger partial charge in [-0.1, -0.05) is 0 Å². The molecule has 0 saturated heterocycles. The molecule has 0 radical (unpaired) electrons. The van der Waals surface area contributed by atoms with Gasteiger partial charge in [0.1, 0.15) is 0 Å². The van der Waals surface area contributed by atoms with Crippen molar-refractivity contribution in [2.24, 2.45) is 0 Å². The van der Waals surface area contributed by atoms with Gasteiger partial charge in [-0.15, -0.1) is 11.8 Å². The van der Waals surface area contributed by atoms with Gasteiger partial charge in [-0.25, -0.2) is 4.39 Å². The van der Waals surface area contributed by atoms with Crippen molar-refractivity contribution in [3.05, 3.63) is 17.9 Å². The van der Waals surface area contributed by atoms with E-state index >= 15 is 0 Å². The van der Waals surface area contributed by atoms with E-state index in [4.69, 9.17) is 15.9 Å². The molecule has 0 fully saturated rings. The number of thioether (sulfide) groups is 1. The molecule has 0 heterocycles. The Balaban J connectivity index is 2.84. The second-order valence-corrected chi connectivity index (χ2v) is 4.41. The summed E-state index contributed by atoms with van der Waals surface area (Å²) in [5.74, 6) is -1.50. The lowest BCUT2D eigenvalue weighted by Gasteiger charge is -2.12. The van der Waals surface area contributed by atoms with Crippen LogP contribution in [0.1, 0.15) is 0 Å². The molecule has 0 aliphatic rings. The minimum absolute atomic E-state index is 0.0456. The maximum absolute atomic E-state index is 13.2. The summed E-state index contributed by atoms with van der Waals surface area (Å²) in [5, 5.41) is 17.8. The minimum atomic E-state index is -3.14. The van der Waals surface area contributed by atoms with Gasteiger partial charge in [-0.2, -0.15) is 8.78 Å². The van der Waals surface area contributed by atoms with Crippen molar-refractivity contribution in [1.29, 1.82) is 0 Å². The number of anilines is 1. The average molecular weight is 283 g/mol. The van der Waals surface area contributed by atoms with Crippen molar-refractivity contribution >= 4 is 17.4 Å². The Kier molecular flexibility index (Phi) is 5.57. The molecule has 0 amide bonds. The predicted octanol–water partition coefficient (Wildman–Crippen LogP) is 1.45.